The first kappa shape index (κ1) is 18.5. The molecule has 1 heterocycles. The van der Waals surface area contributed by atoms with Crippen LogP contribution in [0.25, 0.3) is 0 Å². The predicted molar refractivity (Wildman–Crippen MR) is 91.8 cm³/mol. The summed E-state index contributed by atoms with van der Waals surface area (Å²) < 4.78 is 0. The average molecular weight is 354 g/mol. The van der Waals surface area contributed by atoms with Crippen LogP contribution >= 0.6 is 11.6 Å². The number of piperidine rings is 1. The first-order valence-corrected chi connectivity index (χ1v) is 8.66. The van der Waals surface area contributed by atoms with Gasteiger partial charge in [-0.3, -0.25) is 10.0 Å². The lowest BCUT2D eigenvalue weighted by Crippen LogP contribution is -2.44. The van der Waals surface area contributed by atoms with Gasteiger partial charge in [-0.15, -0.1) is 0 Å². The maximum Gasteiger partial charge on any atom is 0.317 e. The van der Waals surface area contributed by atoms with Crippen LogP contribution < -0.4 is 10.8 Å². The van der Waals surface area contributed by atoms with Gasteiger partial charge in [-0.05, 0) is 49.3 Å². The van der Waals surface area contributed by atoms with Crippen LogP contribution in [0.2, 0.25) is 5.02 Å². The summed E-state index contributed by atoms with van der Waals surface area (Å²) in [5, 5.41) is 12.1. The van der Waals surface area contributed by atoms with Crippen molar-refractivity contribution >= 4 is 23.5 Å². The number of nitrogens with one attached hydrogen (secondary N) is 2. The molecule has 3 N–H and O–H groups in total. The first-order chi connectivity index (χ1) is 11.6. The minimum Gasteiger partial charge on any atom is -0.334 e. The molecule has 0 atom stereocenters. The molecule has 24 heavy (non-hydrogen) atoms. The number of halogens is 1. The summed E-state index contributed by atoms with van der Waals surface area (Å²) in [6.07, 6.45) is 3.97. The Morgan fingerprint density at radius 1 is 1.21 bits per heavy atom. The van der Waals surface area contributed by atoms with Crippen LogP contribution in [-0.4, -0.2) is 35.1 Å². The number of nitrogens with zero attached hydrogens (tertiary/aromatic N) is 1. The van der Waals surface area contributed by atoms with Crippen molar-refractivity contribution in [3.05, 3.63) is 34.9 Å². The summed E-state index contributed by atoms with van der Waals surface area (Å²) in [4.78, 5) is 25.0. The summed E-state index contributed by atoms with van der Waals surface area (Å²) in [6, 6.07) is 7.38. The van der Waals surface area contributed by atoms with E-state index in [1.54, 1.807) is 5.48 Å². The Labute approximate surface area is 147 Å². The van der Waals surface area contributed by atoms with Crippen LogP contribution in [0, 0.1) is 5.92 Å². The van der Waals surface area contributed by atoms with Crippen LogP contribution in [0.5, 0.6) is 0 Å². The second-order valence-electron chi connectivity index (χ2n) is 6.14. The Hall–Kier alpha value is -1.79. The van der Waals surface area contributed by atoms with Gasteiger partial charge in [0.15, 0.2) is 0 Å². The monoisotopic (exact) mass is 353 g/mol. The quantitative estimate of drug-likeness (QED) is 0.543. The van der Waals surface area contributed by atoms with E-state index in [-0.39, 0.29) is 11.9 Å². The van der Waals surface area contributed by atoms with E-state index in [1.165, 1.54) is 0 Å². The van der Waals surface area contributed by atoms with Gasteiger partial charge in [-0.2, -0.15) is 0 Å². The van der Waals surface area contributed by atoms with Gasteiger partial charge in [0.2, 0.25) is 5.91 Å². The molecule has 0 radical (unpaired) electrons. The molecule has 132 valence electrons. The van der Waals surface area contributed by atoms with E-state index in [1.807, 2.05) is 29.2 Å². The van der Waals surface area contributed by atoms with Crippen LogP contribution in [0.15, 0.2) is 24.3 Å². The fraction of sp³-hybridized carbons (Fsp3) is 0.529. The fourth-order valence-corrected chi connectivity index (χ4v) is 3.05. The molecule has 2 rings (SSSR count). The molecule has 0 aromatic heterocycles. The lowest BCUT2D eigenvalue weighted by Gasteiger charge is -2.32. The molecule has 1 aromatic rings. The van der Waals surface area contributed by atoms with Crippen molar-refractivity contribution in [1.82, 2.24) is 15.7 Å². The zero-order valence-electron chi connectivity index (χ0n) is 13.6. The number of urea groups is 1. The minimum absolute atomic E-state index is 0.0388. The van der Waals surface area contributed by atoms with Gasteiger partial charge in [0, 0.05) is 31.1 Å². The molecule has 0 unspecified atom stereocenters. The number of benzene rings is 1. The van der Waals surface area contributed by atoms with Crippen molar-refractivity contribution in [3.63, 3.8) is 0 Å². The summed E-state index contributed by atoms with van der Waals surface area (Å²) in [7, 11) is 0. The van der Waals surface area contributed by atoms with Gasteiger partial charge in [0.25, 0.3) is 0 Å². The Kier molecular flexibility index (Phi) is 7.34. The van der Waals surface area contributed by atoms with Crippen LogP contribution in [0.3, 0.4) is 0 Å². The zero-order valence-corrected chi connectivity index (χ0v) is 14.4. The largest absolute Gasteiger partial charge is 0.334 e. The van der Waals surface area contributed by atoms with Crippen molar-refractivity contribution in [2.75, 3.05) is 13.1 Å². The molecule has 7 heteroatoms. The maximum atomic E-state index is 12.2. The minimum atomic E-state index is -0.339. The molecule has 1 aromatic carbocycles. The number of hydrogen-bond acceptors (Lipinski definition) is 3. The average Bonchev–Trinajstić information content (AvgIpc) is 2.61. The van der Waals surface area contributed by atoms with E-state index < -0.39 is 0 Å². The van der Waals surface area contributed by atoms with Crippen LogP contribution in [0.1, 0.15) is 37.7 Å². The molecule has 1 saturated heterocycles. The third kappa shape index (κ3) is 6.02. The van der Waals surface area contributed by atoms with Gasteiger partial charge in [-0.25, -0.2) is 10.3 Å². The second kappa shape index (κ2) is 9.49. The highest BCUT2D eigenvalue weighted by Gasteiger charge is 2.22. The zero-order chi connectivity index (χ0) is 17.4. The Balaban J connectivity index is 1.65. The van der Waals surface area contributed by atoms with E-state index in [0.29, 0.717) is 23.9 Å². The second-order valence-corrected chi connectivity index (χ2v) is 6.58. The summed E-state index contributed by atoms with van der Waals surface area (Å²) in [6.45, 7) is 1.97. The smallest absolute Gasteiger partial charge is 0.317 e. The maximum absolute atomic E-state index is 12.2. The lowest BCUT2D eigenvalue weighted by molar-refractivity contribution is -0.129. The van der Waals surface area contributed by atoms with E-state index in [9.17, 15) is 9.59 Å². The summed E-state index contributed by atoms with van der Waals surface area (Å²) >= 11 is 5.84. The molecule has 1 aliphatic rings. The number of hydrogen-bond donors (Lipinski definition) is 3. The number of amides is 3. The van der Waals surface area contributed by atoms with Gasteiger partial charge in [0.05, 0.1) is 0 Å². The van der Waals surface area contributed by atoms with E-state index in [0.717, 1.165) is 44.3 Å². The van der Waals surface area contributed by atoms with E-state index >= 15 is 0 Å². The molecule has 0 bridgehead atoms. The Bertz CT molecular complexity index is 543. The molecule has 1 aliphatic heterocycles. The molecule has 6 nitrogen and oxygen atoms in total. The molecule has 1 fully saturated rings. The molecule has 0 saturated carbocycles. The molecule has 0 spiro atoms. The molecule has 0 aliphatic carbocycles. The topological polar surface area (TPSA) is 81.7 Å². The van der Waals surface area contributed by atoms with E-state index in [2.05, 4.69) is 5.32 Å². The molecular formula is C17H24ClN3O3. The fourth-order valence-electron chi connectivity index (χ4n) is 2.92. The third-order valence-corrected chi connectivity index (χ3v) is 4.65. The number of hydroxylamine groups is 1. The normalized spacial score (nSPS) is 15.2. The third-order valence-electron chi connectivity index (χ3n) is 4.40. The van der Waals surface area contributed by atoms with Gasteiger partial charge in [0.1, 0.15) is 0 Å². The first-order valence-electron chi connectivity index (χ1n) is 8.28. The number of likely N-dealkylation sites (tertiary alicyclic amines) is 1. The summed E-state index contributed by atoms with van der Waals surface area (Å²) in [5.41, 5.74) is 2.67. The highest BCUT2D eigenvalue weighted by Crippen LogP contribution is 2.22. The van der Waals surface area contributed by atoms with E-state index in [4.69, 9.17) is 16.8 Å². The molecular weight excluding hydrogens is 330 g/mol. The number of rotatable bonds is 6. The highest BCUT2D eigenvalue weighted by atomic mass is 35.5. The van der Waals surface area contributed by atoms with Crippen LogP contribution in [-0.2, 0) is 11.3 Å². The number of carbonyl (C=O) groups excluding carboxylic acids is 2. The van der Waals surface area contributed by atoms with Crippen molar-refractivity contribution < 1.29 is 14.8 Å². The summed E-state index contributed by atoms with van der Waals surface area (Å²) in [5.74, 6) is 0.200. The molecule has 3 amide bonds. The Morgan fingerprint density at radius 2 is 1.88 bits per heavy atom. The number of carbonyl (C=O) groups is 2. The lowest BCUT2D eigenvalue weighted by atomic mass is 9.91. The van der Waals surface area contributed by atoms with Crippen molar-refractivity contribution in [2.45, 2.75) is 38.6 Å². The van der Waals surface area contributed by atoms with Crippen LogP contribution in [0.4, 0.5) is 4.79 Å². The highest BCUT2D eigenvalue weighted by molar-refractivity contribution is 6.30. The van der Waals surface area contributed by atoms with Gasteiger partial charge in [-0.1, -0.05) is 23.7 Å². The predicted octanol–water partition coefficient (Wildman–Crippen LogP) is 2.94. The SMILES string of the molecule is O=C(CCCC1CCN(C(=O)NCc2ccc(Cl)cc2)CC1)NO. The van der Waals surface area contributed by atoms with Gasteiger partial charge >= 0.3 is 6.03 Å². The van der Waals surface area contributed by atoms with Crippen molar-refractivity contribution in [2.24, 2.45) is 5.92 Å². The van der Waals surface area contributed by atoms with Crippen molar-refractivity contribution in [1.29, 1.82) is 0 Å². The Morgan fingerprint density at radius 3 is 2.50 bits per heavy atom. The van der Waals surface area contributed by atoms with Gasteiger partial charge < -0.3 is 10.2 Å². The van der Waals surface area contributed by atoms with Crippen molar-refractivity contribution in [3.8, 4) is 0 Å². The standard InChI is InChI=1S/C17H24ClN3O3/c18-15-6-4-14(5-7-15)12-19-17(23)21-10-8-13(9-11-21)2-1-3-16(22)20-24/h4-7,13,24H,1-3,8-12H2,(H,19,23)(H,20,22).